The van der Waals surface area contributed by atoms with E-state index in [1.165, 1.54) is 23.7 Å². The van der Waals surface area contributed by atoms with Crippen LogP contribution in [0.15, 0.2) is 47.4 Å². The van der Waals surface area contributed by atoms with Gasteiger partial charge in [-0.1, -0.05) is 31.2 Å². The van der Waals surface area contributed by atoms with Crippen LogP contribution < -0.4 is 10.0 Å². The minimum atomic E-state index is -4.01. The highest BCUT2D eigenvalue weighted by atomic mass is 32.2. The van der Waals surface area contributed by atoms with Crippen LogP contribution in [0.4, 0.5) is 11.5 Å². The smallest absolute Gasteiger partial charge is 0.262 e. The van der Waals surface area contributed by atoms with E-state index in [4.69, 9.17) is 0 Å². The molecule has 2 aromatic carbocycles. The fourth-order valence-electron chi connectivity index (χ4n) is 3.89. The lowest BCUT2D eigenvalue weighted by Gasteiger charge is -2.14. The summed E-state index contributed by atoms with van der Waals surface area (Å²) < 4.78 is 30.3. The average Bonchev–Trinajstić information content (AvgIpc) is 3.09. The van der Waals surface area contributed by atoms with E-state index >= 15 is 0 Å². The summed E-state index contributed by atoms with van der Waals surface area (Å²) in [4.78, 5) is 36.4. The molecule has 1 aliphatic rings. The van der Waals surface area contributed by atoms with Crippen molar-refractivity contribution < 1.29 is 22.8 Å². The Labute approximate surface area is 197 Å². The van der Waals surface area contributed by atoms with Crippen LogP contribution in [-0.4, -0.2) is 35.8 Å². The van der Waals surface area contributed by atoms with Gasteiger partial charge in [-0.3, -0.25) is 19.1 Å². The molecule has 0 saturated heterocycles. The number of amides is 1. The lowest BCUT2D eigenvalue weighted by molar-refractivity contribution is -0.116. The molecular weight excluding hydrogens is 456 g/mol. The quantitative estimate of drug-likeness (QED) is 0.517. The van der Waals surface area contributed by atoms with Crippen molar-refractivity contribution in [2.45, 2.75) is 44.9 Å². The molecule has 0 atom stereocenters. The van der Waals surface area contributed by atoms with Gasteiger partial charge in [-0.05, 0) is 49.6 Å². The Morgan fingerprint density at radius 1 is 1.15 bits per heavy atom. The summed E-state index contributed by atoms with van der Waals surface area (Å²) in [5.41, 5.74) is 2.76. The molecule has 0 fully saturated rings. The van der Waals surface area contributed by atoms with Crippen LogP contribution in [-0.2, 0) is 21.2 Å². The number of aryl methyl sites for hydroxylation is 2. The molecule has 9 nitrogen and oxygen atoms in total. The molecule has 0 bridgehead atoms. The first-order valence-electron chi connectivity index (χ1n) is 10.8. The first-order valence-corrected chi connectivity index (χ1v) is 12.3. The maximum atomic E-state index is 13.3. The number of rotatable bonds is 6. The fraction of sp³-hybridized carbons (Fsp3) is 0.250. The van der Waals surface area contributed by atoms with Crippen molar-refractivity contribution in [3.05, 3.63) is 59.3 Å². The van der Waals surface area contributed by atoms with E-state index in [1.807, 2.05) is 6.92 Å². The van der Waals surface area contributed by atoms with Crippen LogP contribution >= 0.6 is 0 Å². The van der Waals surface area contributed by atoms with Gasteiger partial charge in [0.05, 0.1) is 10.6 Å². The number of sulfonamides is 1. The van der Waals surface area contributed by atoms with Crippen molar-refractivity contribution in [1.82, 2.24) is 9.78 Å². The summed E-state index contributed by atoms with van der Waals surface area (Å²) in [5, 5.41) is 7.13. The van der Waals surface area contributed by atoms with Gasteiger partial charge in [-0.25, -0.2) is 8.42 Å². The molecule has 2 N–H and O–H groups in total. The Kier molecular flexibility index (Phi) is 6.09. The molecule has 0 aliphatic carbocycles. The zero-order valence-corrected chi connectivity index (χ0v) is 19.8. The van der Waals surface area contributed by atoms with Gasteiger partial charge < -0.3 is 5.32 Å². The van der Waals surface area contributed by atoms with Gasteiger partial charge in [-0.2, -0.15) is 9.78 Å². The second-order valence-corrected chi connectivity index (χ2v) is 9.75. The zero-order chi connectivity index (χ0) is 24.6. The van der Waals surface area contributed by atoms with Crippen LogP contribution in [0.3, 0.4) is 0 Å². The number of hydrogen-bond acceptors (Lipinski definition) is 6. The molecule has 3 aromatic rings. The molecule has 0 spiro atoms. The summed E-state index contributed by atoms with van der Waals surface area (Å²) in [6, 6.07) is 11.2. The zero-order valence-electron chi connectivity index (χ0n) is 19.0. The first-order chi connectivity index (χ1) is 16.1. The molecule has 1 aliphatic heterocycles. The molecule has 1 aromatic heterocycles. The third-order valence-electron chi connectivity index (χ3n) is 5.64. The van der Waals surface area contributed by atoms with Gasteiger partial charge in [0, 0.05) is 29.7 Å². The van der Waals surface area contributed by atoms with Crippen molar-refractivity contribution >= 4 is 39.1 Å². The van der Waals surface area contributed by atoms with Crippen molar-refractivity contribution in [3.63, 3.8) is 0 Å². The minimum Gasteiger partial charge on any atom is -0.310 e. The van der Waals surface area contributed by atoms with E-state index in [-0.39, 0.29) is 46.8 Å². The standard InChI is InChI=1S/C24H24N4O5S/c1-4-19-23(24-25-21(30)10-11-22(31)28(24)26-19)17-9-8-14(2)20(13-17)34(32,33)27-18-7-5-6-16(12-18)15(3)29/h5-9,12-13,27H,4,10-11H2,1-3H3,(H,25,30). The summed E-state index contributed by atoms with van der Waals surface area (Å²) in [7, 11) is -4.01. The summed E-state index contributed by atoms with van der Waals surface area (Å²) in [5.74, 6) is -0.535. The predicted octanol–water partition coefficient (Wildman–Crippen LogP) is 3.80. The Balaban J connectivity index is 1.81. The molecule has 0 radical (unpaired) electrons. The molecule has 34 heavy (non-hydrogen) atoms. The third-order valence-corrected chi connectivity index (χ3v) is 7.16. The number of carbonyl (C=O) groups excluding carboxylic acids is 3. The van der Waals surface area contributed by atoms with E-state index in [0.29, 0.717) is 34.4 Å². The highest BCUT2D eigenvalue weighted by molar-refractivity contribution is 7.92. The maximum absolute atomic E-state index is 13.3. The lowest BCUT2D eigenvalue weighted by Crippen LogP contribution is -2.15. The third kappa shape index (κ3) is 4.36. The van der Waals surface area contributed by atoms with Crippen LogP contribution in [0.25, 0.3) is 11.1 Å². The number of aromatic nitrogens is 2. The lowest BCUT2D eigenvalue weighted by atomic mass is 10.0. The fourth-order valence-corrected chi connectivity index (χ4v) is 5.21. The van der Waals surface area contributed by atoms with Gasteiger partial charge in [0.2, 0.25) is 11.8 Å². The number of nitrogens with zero attached hydrogens (tertiary/aromatic N) is 2. The molecule has 176 valence electrons. The summed E-state index contributed by atoms with van der Waals surface area (Å²) in [6.07, 6.45) is 0.574. The number of carbonyl (C=O) groups is 3. The first kappa shape index (κ1) is 23.4. The molecular formula is C24H24N4O5S. The van der Waals surface area contributed by atoms with E-state index in [9.17, 15) is 22.8 Å². The van der Waals surface area contributed by atoms with Crippen molar-refractivity contribution in [3.8, 4) is 11.1 Å². The van der Waals surface area contributed by atoms with Gasteiger partial charge in [0.1, 0.15) is 5.82 Å². The Hall–Kier alpha value is -3.79. The highest BCUT2D eigenvalue weighted by Crippen LogP contribution is 2.36. The van der Waals surface area contributed by atoms with E-state index < -0.39 is 10.0 Å². The average molecular weight is 481 g/mol. The van der Waals surface area contributed by atoms with Crippen LogP contribution in [0, 0.1) is 6.92 Å². The molecule has 0 unspecified atom stereocenters. The number of hydrogen-bond donors (Lipinski definition) is 2. The van der Waals surface area contributed by atoms with E-state index in [2.05, 4.69) is 15.1 Å². The van der Waals surface area contributed by atoms with Crippen LogP contribution in [0.5, 0.6) is 0 Å². The number of nitrogens with one attached hydrogen (secondary N) is 2. The van der Waals surface area contributed by atoms with Gasteiger partial charge in [0.25, 0.3) is 10.0 Å². The minimum absolute atomic E-state index is 0.0338. The van der Waals surface area contributed by atoms with Gasteiger partial charge >= 0.3 is 0 Å². The monoisotopic (exact) mass is 480 g/mol. The summed E-state index contributed by atoms with van der Waals surface area (Å²) >= 11 is 0. The second-order valence-electron chi connectivity index (χ2n) is 8.10. The van der Waals surface area contributed by atoms with E-state index in [0.717, 1.165) is 0 Å². The second kappa shape index (κ2) is 8.86. The van der Waals surface area contributed by atoms with Gasteiger partial charge in [0.15, 0.2) is 5.78 Å². The molecule has 10 heteroatoms. The van der Waals surface area contributed by atoms with Crippen molar-refractivity contribution in [1.29, 1.82) is 0 Å². The maximum Gasteiger partial charge on any atom is 0.262 e. The van der Waals surface area contributed by atoms with Crippen molar-refractivity contribution in [2.75, 3.05) is 10.0 Å². The van der Waals surface area contributed by atoms with Crippen molar-refractivity contribution in [2.24, 2.45) is 0 Å². The number of anilines is 2. The Morgan fingerprint density at radius 3 is 2.62 bits per heavy atom. The molecule has 0 saturated carbocycles. The highest BCUT2D eigenvalue weighted by Gasteiger charge is 2.28. The van der Waals surface area contributed by atoms with Gasteiger partial charge in [-0.15, -0.1) is 0 Å². The molecule has 4 rings (SSSR count). The number of ketones is 1. The summed E-state index contributed by atoms with van der Waals surface area (Å²) in [6.45, 7) is 4.95. The molecule has 2 heterocycles. The Bertz CT molecular complexity index is 1440. The normalized spacial score (nSPS) is 13.7. The number of Topliss-reactive ketones (excluding diaryl/α,β-unsaturated/α-hetero) is 1. The molecule has 1 amide bonds. The topological polar surface area (TPSA) is 127 Å². The largest absolute Gasteiger partial charge is 0.310 e. The Morgan fingerprint density at radius 2 is 1.91 bits per heavy atom. The SMILES string of the molecule is CCc1nn2c(c1-c1ccc(C)c(S(=O)(=O)Nc3cccc(C(C)=O)c3)c1)NC(=O)CCC2=O. The number of fused-ring (bicyclic) bond motifs is 1. The predicted molar refractivity (Wildman–Crippen MR) is 128 cm³/mol. The van der Waals surface area contributed by atoms with Crippen LogP contribution in [0.1, 0.15) is 53.1 Å². The number of benzene rings is 2. The van der Waals surface area contributed by atoms with Crippen LogP contribution in [0.2, 0.25) is 0 Å². The van der Waals surface area contributed by atoms with E-state index in [1.54, 1.807) is 37.3 Å².